The average Bonchev–Trinajstić information content (AvgIpc) is 3.00. The van der Waals surface area contributed by atoms with Crippen LogP contribution < -0.4 is 14.5 Å². The van der Waals surface area contributed by atoms with Gasteiger partial charge in [-0.15, -0.1) is 0 Å². The number of hydrogen-bond donors (Lipinski definition) is 0. The second kappa shape index (κ2) is 9.58. The number of piperidine rings is 2. The Balaban J connectivity index is 1.56. The number of nitrogens with zero attached hydrogens (tertiary/aromatic N) is 6. The van der Waals surface area contributed by atoms with Gasteiger partial charge in [-0.2, -0.15) is 10.5 Å². The average molecular weight is 555 g/mol. The van der Waals surface area contributed by atoms with Crippen molar-refractivity contribution in [3.8, 4) is 17.9 Å². The van der Waals surface area contributed by atoms with Crippen LogP contribution in [0.5, 0.6) is 5.75 Å². The van der Waals surface area contributed by atoms with Crippen molar-refractivity contribution in [2.24, 2.45) is 15.8 Å². The Kier molecular flexibility index (Phi) is 6.16. The van der Waals surface area contributed by atoms with Crippen LogP contribution in [0.1, 0.15) is 11.5 Å². The number of hydrogen-bond acceptors (Lipinski definition) is 7. The van der Waals surface area contributed by atoms with Crippen molar-refractivity contribution in [3.05, 3.63) is 90.0 Å². The molecule has 40 heavy (non-hydrogen) atoms. The molecule has 10 heteroatoms. The molecule has 0 N–H and O–H groups in total. The van der Waals surface area contributed by atoms with Crippen molar-refractivity contribution in [3.63, 3.8) is 0 Å². The van der Waals surface area contributed by atoms with E-state index in [1.807, 2.05) is 34.1 Å². The third-order valence-corrected chi connectivity index (χ3v) is 8.67. The molecular weight excluding hydrogens is 530 g/mol. The fraction of sp³-hybridized carbons (Fsp3) is 0.267. The van der Waals surface area contributed by atoms with Gasteiger partial charge in [0.25, 0.3) is 0 Å². The molecular formula is C30H24F2N6OS. The summed E-state index contributed by atoms with van der Waals surface area (Å²) in [6, 6.07) is 24.6. The van der Waals surface area contributed by atoms with Crippen LogP contribution in [0.25, 0.3) is 0 Å². The van der Waals surface area contributed by atoms with Gasteiger partial charge >= 0.3 is 0 Å². The lowest BCUT2D eigenvalue weighted by Crippen LogP contribution is -2.73. The van der Waals surface area contributed by atoms with E-state index in [0.717, 1.165) is 5.69 Å². The predicted octanol–water partition coefficient (Wildman–Crippen LogP) is 5.07. The maximum atomic E-state index is 13.8. The summed E-state index contributed by atoms with van der Waals surface area (Å²) in [6.07, 6.45) is 0. The van der Waals surface area contributed by atoms with E-state index in [9.17, 15) is 19.3 Å². The van der Waals surface area contributed by atoms with Crippen LogP contribution in [0, 0.1) is 45.1 Å². The van der Waals surface area contributed by atoms with Gasteiger partial charge in [-0.05, 0) is 54.6 Å². The minimum Gasteiger partial charge on any atom is -0.496 e. The van der Waals surface area contributed by atoms with Gasteiger partial charge in [-0.3, -0.25) is 0 Å². The van der Waals surface area contributed by atoms with Crippen LogP contribution >= 0.6 is 12.2 Å². The molecule has 2 fully saturated rings. The molecule has 3 atom stereocenters. The SMILES string of the molecule is COc1ccccc1[C@@H]1[C@@]2(C#N)CN(c3ccc(F)cc3)C[C@@]1(C#N)C1=NCN(c3ccc(F)cc3)CN1C2=S. The normalized spacial score (nSPS) is 25.4. The quantitative estimate of drug-likeness (QED) is 0.417. The highest BCUT2D eigenvalue weighted by atomic mass is 32.1. The van der Waals surface area contributed by atoms with E-state index in [-0.39, 0.29) is 38.1 Å². The molecule has 2 bridgehead atoms. The molecule has 0 unspecified atom stereocenters. The summed E-state index contributed by atoms with van der Waals surface area (Å²) in [6.45, 7) is 0.861. The van der Waals surface area contributed by atoms with Gasteiger partial charge in [-0.25, -0.2) is 13.8 Å². The third kappa shape index (κ3) is 3.71. The fourth-order valence-electron chi connectivity index (χ4n) is 6.34. The van der Waals surface area contributed by atoms with Crippen LogP contribution in [0.4, 0.5) is 20.2 Å². The maximum Gasteiger partial charge on any atom is 0.141 e. The van der Waals surface area contributed by atoms with Crippen molar-refractivity contribution in [2.45, 2.75) is 5.92 Å². The third-order valence-electron chi connectivity index (χ3n) is 8.08. The first-order valence-corrected chi connectivity index (χ1v) is 13.1. The van der Waals surface area contributed by atoms with Crippen molar-refractivity contribution >= 4 is 34.4 Å². The van der Waals surface area contributed by atoms with Gasteiger partial charge < -0.3 is 19.4 Å². The summed E-state index contributed by atoms with van der Waals surface area (Å²) in [5, 5.41) is 22.0. The first-order chi connectivity index (χ1) is 19.4. The van der Waals surface area contributed by atoms with Gasteiger partial charge in [0, 0.05) is 35.9 Å². The number of fused-ring (bicyclic) bond motifs is 4. The predicted molar refractivity (Wildman–Crippen MR) is 151 cm³/mol. The van der Waals surface area contributed by atoms with E-state index in [0.29, 0.717) is 27.8 Å². The number of benzene rings is 3. The number of thiocarbonyl (C=S) groups is 1. The number of rotatable bonds is 4. The molecule has 0 aliphatic carbocycles. The Morgan fingerprint density at radius 2 is 1.45 bits per heavy atom. The summed E-state index contributed by atoms with van der Waals surface area (Å²) in [5.74, 6) is -0.366. The summed E-state index contributed by atoms with van der Waals surface area (Å²) < 4.78 is 33.1. The molecule has 0 radical (unpaired) electrons. The van der Waals surface area contributed by atoms with Crippen LogP contribution in [-0.2, 0) is 0 Å². The van der Waals surface area contributed by atoms with Gasteiger partial charge in [0.15, 0.2) is 0 Å². The number of methoxy groups -OCH3 is 1. The highest BCUT2D eigenvalue weighted by molar-refractivity contribution is 7.80. The van der Waals surface area contributed by atoms with E-state index in [4.69, 9.17) is 21.9 Å². The van der Waals surface area contributed by atoms with E-state index < -0.39 is 16.7 Å². The largest absolute Gasteiger partial charge is 0.496 e. The zero-order valence-corrected chi connectivity index (χ0v) is 22.4. The van der Waals surface area contributed by atoms with Crippen LogP contribution in [-0.4, -0.2) is 49.3 Å². The Morgan fingerprint density at radius 3 is 2.05 bits per heavy atom. The Hall–Kier alpha value is -4.54. The fourth-order valence-corrected chi connectivity index (χ4v) is 6.71. The maximum absolute atomic E-state index is 13.8. The number of anilines is 2. The standard InChI is InChI=1S/C30H24F2N6OS/c1-39-25-5-3-2-4-24(25)26-29(14-33)16-36(22-10-6-20(31)7-11-22)17-30(26,15-34)28(40)38-19-37(18-35-27(29)38)23-12-8-21(32)9-13-23/h2-13,26H,16-19H2,1H3/t26-,29+,30+/m0/s1. The van der Waals surface area contributed by atoms with Crippen LogP contribution in [0.3, 0.4) is 0 Å². The number of para-hydroxylation sites is 1. The second-order valence-electron chi connectivity index (χ2n) is 10.2. The van der Waals surface area contributed by atoms with E-state index in [1.165, 1.54) is 24.3 Å². The lowest BCUT2D eigenvalue weighted by Gasteiger charge is -2.61. The molecule has 6 rings (SSSR count). The Morgan fingerprint density at radius 1 is 0.875 bits per heavy atom. The van der Waals surface area contributed by atoms with Crippen LogP contribution in [0.15, 0.2) is 77.8 Å². The molecule has 2 saturated heterocycles. The van der Waals surface area contributed by atoms with Crippen molar-refractivity contribution in [1.82, 2.24) is 4.90 Å². The zero-order chi connectivity index (χ0) is 28.1. The summed E-state index contributed by atoms with van der Waals surface area (Å²) >= 11 is 6.12. The molecule has 7 nitrogen and oxygen atoms in total. The summed E-state index contributed by atoms with van der Waals surface area (Å²) in [4.78, 5) is 10.9. The molecule has 3 aliphatic rings. The molecule has 0 spiro atoms. The van der Waals surface area contributed by atoms with E-state index >= 15 is 0 Å². The number of amidine groups is 1. The lowest BCUT2D eigenvalue weighted by molar-refractivity contribution is 0.202. The highest BCUT2D eigenvalue weighted by Gasteiger charge is 2.68. The number of halogens is 2. The molecule has 3 aromatic rings. The second-order valence-corrected chi connectivity index (χ2v) is 10.6. The molecule has 0 amide bonds. The van der Waals surface area contributed by atoms with Gasteiger partial charge in [0.2, 0.25) is 0 Å². The smallest absolute Gasteiger partial charge is 0.141 e. The first-order valence-electron chi connectivity index (χ1n) is 12.7. The summed E-state index contributed by atoms with van der Waals surface area (Å²) in [5.41, 5.74) is -0.503. The Labute approximate surface area is 236 Å². The minimum atomic E-state index is -1.34. The van der Waals surface area contributed by atoms with E-state index in [2.05, 4.69) is 12.1 Å². The van der Waals surface area contributed by atoms with Gasteiger partial charge in [0.1, 0.15) is 45.7 Å². The van der Waals surface area contributed by atoms with Gasteiger partial charge in [-0.1, -0.05) is 30.4 Å². The minimum absolute atomic E-state index is 0.181. The Bertz CT molecular complexity index is 1600. The number of aliphatic imine (C=N–C) groups is 1. The highest BCUT2D eigenvalue weighted by Crippen LogP contribution is 2.60. The number of nitriles is 2. The molecule has 0 saturated carbocycles. The summed E-state index contributed by atoms with van der Waals surface area (Å²) in [7, 11) is 1.56. The monoisotopic (exact) mass is 554 g/mol. The molecule has 0 aromatic heterocycles. The topological polar surface area (TPSA) is 78.9 Å². The molecule has 3 heterocycles. The van der Waals surface area contributed by atoms with Gasteiger partial charge in [0.05, 0.1) is 25.9 Å². The van der Waals surface area contributed by atoms with Crippen molar-refractivity contribution in [1.29, 1.82) is 10.5 Å². The van der Waals surface area contributed by atoms with Crippen LogP contribution in [0.2, 0.25) is 0 Å². The molecule has 3 aromatic carbocycles. The zero-order valence-electron chi connectivity index (χ0n) is 21.6. The molecule has 3 aliphatic heterocycles. The molecule has 200 valence electrons. The number of ether oxygens (including phenoxy) is 1. The van der Waals surface area contributed by atoms with Crippen molar-refractivity contribution in [2.75, 3.05) is 43.3 Å². The van der Waals surface area contributed by atoms with Crippen molar-refractivity contribution < 1.29 is 13.5 Å². The first kappa shape index (κ1) is 25.7. The van der Waals surface area contributed by atoms with E-state index in [1.54, 1.807) is 36.3 Å². The lowest BCUT2D eigenvalue weighted by atomic mass is 9.53.